The molecule has 0 aliphatic heterocycles. The molecule has 104 valence electrons. The van der Waals surface area contributed by atoms with Gasteiger partial charge in [-0.05, 0) is 41.8 Å². The molecule has 0 saturated heterocycles. The lowest BCUT2D eigenvalue weighted by atomic mass is 10.0. The topological polar surface area (TPSA) is 78.3 Å². The largest absolute Gasteiger partial charge is 0.495 e. The Morgan fingerprint density at radius 1 is 1.20 bits per heavy atom. The highest BCUT2D eigenvalue weighted by molar-refractivity contribution is 6.32. The van der Waals surface area contributed by atoms with E-state index in [1.807, 2.05) is 24.3 Å². The van der Waals surface area contributed by atoms with Crippen molar-refractivity contribution in [1.29, 1.82) is 0 Å². The number of hydrogen-bond donors (Lipinski definition) is 2. The maximum atomic E-state index is 11.1. The van der Waals surface area contributed by atoms with Crippen LogP contribution in [0.2, 0.25) is 5.02 Å². The van der Waals surface area contributed by atoms with Crippen molar-refractivity contribution in [3.05, 3.63) is 58.1 Å². The molecule has 0 heterocycles. The van der Waals surface area contributed by atoms with Crippen molar-refractivity contribution >= 4 is 23.2 Å². The van der Waals surface area contributed by atoms with Crippen molar-refractivity contribution in [3.63, 3.8) is 0 Å². The molecule has 0 spiro atoms. The molecule has 4 N–H and O–H groups in total. The van der Waals surface area contributed by atoms with Gasteiger partial charge >= 0.3 is 0 Å². The second-order valence-corrected chi connectivity index (χ2v) is 4.84. The van der Waals surface area contributed by atoms with Gasteiger partial charge < -0.3 is 16.2 Å². The lowest BCUT2D eigenvalue weighted by Crippen LogP contribution is -2.13. The fourth-order valence-corrected chi connectivity index (χ4v) is 2.28. The highest BCUT2D eigenvalue weighted by Crippen LogP contribution is 2.26. The average Bonchev–Trinajstić information content (AvgIpc) is 2.38. The van der Waals surface area contributed by atoms with Gasteiger partial charge in [0.25, 0.3) is 5.91 Å². The van der Waals surface area contributed by atoms with Crippen LogP contribution < -0.4 is 16.2 Å². The Morgan fingerprint density at radius 3 is 2.40 bits per heavy atom. The zero-order valence-corrected chi connectivity index (χ0v) is 11.8. The van der Waals surface area contributed by atoms with Crippen LogP contribution in [0.25, 0.3) is 0 Å². The number of nitrogen functional groups attached to an aromatic ring is 1. The third-order valence-corrected chi connectivity index (χ3v) is 3.30. The summed E-state index contributed by atoms with van der Waals surface area (Å²) < 4.78 is 5.11. The van der Waals surface area contributed by atoms with Gasteiger partial charge in [0.2, 0.25) is 0 Å². The smallest absolute Gasteiger partial charge is 0.250 e. The Bertz CT molecular complexity index is 656. The number of hydrogen-bond acceptors (Lipinski definition) is 3. The summed E-state index contributed by atoms with van der Waals surface area (Å²) in [5.41, 5.74) is 13.8. The molecule has 0 aliphatic carbocycles. The van der Waals surface area contributed by atoms with E-state index in [0.29, 0.717) is 28.4 Å². The second kappa shape index (κ2) is 5.84. The molecule has 0 saturated carbocycles. The van der Waals surface area contributed by atoms with Crippen LogP contribution in [0.3, 0.4) is 0 Å². The molecule has 0 unspecified atom stereocenters. The number of halogens is 1. The van der Waals surface area contributed by atoms with E-state index in [1.54, 1.807) is 19.2 Å². The van der Waals surface area contributed by atoms with Gasteiger partial charge in [-0.3, -0.25) is 4.79 Å². The minimum atomic E-state index is -0.526. The number of amides is 1. The van der Waals surface area contributed by atoms with Crippen molar-refractivity contribution in [2.24, 2.45) is 5.73 Å². The summed E-state index contributed by atoms with van der Waals surface area (Å²) in [5, 5.41) is 0.562. The van der Waals surface area contributed by atoms with Crippen LogP contribution >= 0.6 is 11.6 Å². The third-order valence-electron chi connectivity index (χ3n) is 3.01. The molecule has 0 bridgehead atoms. The maximum absolute atomic E-state index is 11.1. The SMILES string of the molecule is COc1ccc(Cc2ccc(C(N)=O)c(N)c2)cc1Cl. The van der Waals surface area contributed by atoms with Gasteiger partial charge in [-0.1, -0.05) is 23.7 Å². The molecule has 1 amide bonds. The van der Waals surface area contributed by atoms with Crippen LogP contribution in [0, 0.1) is 0 Å². The molecule has 0 atom stereocenters. The van der Waals surface area contributed by atoms with Crippen molar-refractivity contribution in [1.82, 2.24) is 0 Å². The zero-order chi connectivity index (χ0) is 14.7. The van der Waals surface area contributed by atoms with Crippen molar-refractivity contribution in [2.45, 2.75) is 6.42 Å². The van der Waals surface area contributed by atoms with Crippen molar-refractivity contribution in [3.8, 4) is 5.75 Å². The summed E-state index contributed by atoms with van der Waals surface area (Å²) in [7, 11) is 1.57. The number of methoxy groups -OCH3 is 1. The van der Waals surface area contributed by atoms with E-state index < -0.39 is 5.91 Å². The molecule has 2 aromatic carbocycles. The van der Waals surface area contributed by atoms with Gasteiger partial charge in [0.15, 0.2) is 0 Å². The predicted molar refractivity (Wildman–Crippen MR) is 80.2 cm³/mol. The monoisotopic (exact) mass is 290 g/mol. The molecule has 0 radical (unpaired) electrons. The van der Waals surface area contributed by atoms with Crippen LogP contribution in [0.4, 0.5) is 5.69 Å². The van der Waals surface area contributed by atoms with Crippen LogP contribution in [0.5, 0.6) is 5.75 Å². The van der Waals surface area contributed by atoms with Gasteiger partial charge in [-0.2, -0.15) is 0 Å². The first kappa shape index (κ1) is 14.2. The molecule has 2 aromatic rings. The molecule has 4 nitrogen and oxygen atoms in total. The van der Waals surface area contributed by atoms with Gasteiger partial charge in [0.1, 0.15) is 5.75 Å². The van der Waals surface area contributed by atoms with Crippen molar-refractivity contribution in [2.75, 3.05) is 12.8 Å². The number of anilines is 1. The van der Waals surface area contributed by atoms with Gasteiger partial charge in [0.05, 0.1) is 17.7 Å². The molecule has 5 heteroatoms. The number of rotatable bonds is 4. The van der Waals surface area contributed by atoms with Crippen LogP contribution in [0.15, 0.2) is 36.4 Å². The van der Waals surface area contributed by atoms with E-state index in [-0.39, 0.29) is 0 Å². The van der Waals surface area contributed by atoms with E-state index >= 15 is 0 Å². The molecule has 2 rings (SSSR count). The highest BCUT2D eigenvalue weighted by Gasteiger charge is 2.07. The number of benzene rings is 2. The summed E-state index contributed by atoms with van der Waals surface area (Å²) in [6.45, 7) is 0. The Kier molecular flexibility index (Phi) is 4.15. The minimum Gasteiger partial charge on any atom is -0.495 e. The Labute approximate surface area is 122 Å². The van der Waals surface area contributed by atoms with E-state index in [9.17, 15) is 4.79 Å². The van der Waals surface area contributed by atoms with Crippen LogP contribution in [-0.4, -0.2) is 13.0 Å². The maximum Gasteiger partial charge on any atom is 0.250 e. The number of ether oxygens (including phenoxy) is 1. The van der Waals surface area contributed by atoms with E-state index in [2.05, 4.69) is 0 Å². The second-order valence-electron chi connectivity index (χ2n) is 4.43. The Morgan fingerprint density at radius 2 is 1.85 bits per heavy atom. The number of primary amides is 1. The summed E-state index contributed by atoms with van der Waals surface area (Å²) in [5.74, 6) is 0.112. The third kappa shape index (κ3) is 3.03. The highest BCUT2D eigenvalue weighted by atomic mass is 35.5. The first-order valence-electron chi connectivity index (χ1n) is 6.02. The van der Waals surface area contributed by atoms with Gasteiger partial charge in [-0.15, -0.1) is 0 Å². The predicted octanol–water partition coefficient (Wildman–Crippen LogP) is 2.62. The van der Waals surface area contributed by atoms with Crippen molar-refractivity contribution < 1.29 is 9.53 Å². The van der Waals surface area contributed by atoms with Crippen LogP contribution in [0.1, 0.15) is 21.5 Å². The standard InChI is InChI=1S/C15H15ClN2O2/c1-20-14-5-3-9(7-12(14)16)6-10-2-4-11(15(18)19)13(17)8-10/h2-5,7-8H,6,17H2,1H3,(H2,18,19). The lowest BCUT2D eigenvalue weighted by Gasteiger charge is -2.08. The molecular formula is C15H15ClN2O2. The van der Waals surface area contributed by atoms with E-state index in [4.69, 9.17) is 27.8 Å². The Balaban J connectivity index is 2.24. The number of nitrogens with two attached hydrogens (primary N) is 2. The molecule has 0 aromatic heterocycles. The first-order chi connectivity index (χ1) is 9.51. The molecule has 0 fully saturated rings. The zero-order valence-electron chi connectivity index (χ0n) is 11.0. The molecule has 20 heavy (non-hydrogen) atoms. The summed E-state index contributed by atoms with van der Waals surface area (Å²) in [6.07, 6.45) is 0.660. The summed E-state index contributed by atoms with van der Waals surface area (Å²) in [6, 6.07) is 10.8. The quantitative estimate of drug-likeness (QED) is 0.850. The normalized spacial score (nSPS) is 10.3. The summed E-state index contributed by atoms with van der Waals surface area (Å²) >= 11 is 6.08. The van der Waals surface area contributed by atoms with E-state index in [0.717, 1.165) is 11.1 Å². The number of carbonyl (C=O) groups is 1. The first-order valence-corrected chi connectivity index (χ1v) is 6.39. The van der Waals surface area contributed by atoms with Gasteiger partial charge in [0, 0.05) is 5.69 Å². The van der Waals surface area contributed by atoms with E-state index in [1.165, 1.54) is 0 Å². The average molecular weight is 291 g/mol. The lowest BCUT2D eigenvalue weighted by molar-refractivity contribution is 0.100. The number of carbonyl (C=O) groups excluding carboxylic acids is 1. The minimum absolute atomic E-state index is 0.335. The summed E-state index contributed by atoms with van der Waals surface area (Å²) in [4.78, 5) is 11.1. The fraction of sp³-hybridized carbons (Fsp3) is 0.133. The molecular weight excluding hydrogens is 276 g/mol. The van der Waals surface area contributed by atoms with Crippen LogP contribution in [-0.2, 0) is 6.42 Å². The molecule has 0 aliphatic rings. The van der Waals surface area contributed by atoms with Gasteiger partial charge in [-0.25, -0.2) is 0 Å². The fourth-order valence-electron chi connectivity index (χ4n) is 2.00. The Hall–Kier alpha value is -2.20.